The monoisotopic (exact) mass is 291 g/mol. The van der Waals surface area contributed by atoms with Gasteiger partial charge in [0.25, 0.3) is 0 Å². The van der Waals surface area contributed by atoms with E-state index in [1.165, 1.54) is 28.8 Å². The standard InChI is InChI=1S/C10H17N3OS3/c1-7(14-2)9-12-10(17-13-9)11-5-8-6-15-3-4-16-8/h7-8H,3-6H2,1-2H3,(H,11,12,13). The fraction of sp³-hybridized carbons (Fsp3) is 0.800. The van der Waals surface area contributed by atoms with Gasteiger partial charge in [-0.2, -0.15) is 27.9 Å². The number of rotatable bonds is 5. The molecule has 2 atom stereocenters. The number of thioether (sulfide) groups is 2. The van der Waals surface area contributed by atoms with Crippen LogP contribution in [0.2, 0.25) is 0 Å². The summed E-state index contributed by atoms with van der Waals surface area (Å²) >= 11 is 5.50. The largest absolute Gasteiger partial charge is 0.374 e. The Labute approximate surface area is 114 Å². The SMILES string of the molecule is COC(C)c1nsc(NCC2CSCCS2)n1. The van der Waals surface area contributed by atoms with Gasteiger partial charge in [0.1, 0.15) is 6.10 Å². The third-order valence-electron chi connectivity index (χ3n) is 2.52. The summed E-state index contributed by atoms with van der Waals surface area (Å²) in [5.41, 5.74) is 0. The third kappa shape index (κ3) is 4.01. The molecule has 0 aromatic carbocycles. The molecule has 0 radical (unpaired) electrons. The number of ether oxygens (including phenoxy) is 1. The van der Waals surface area contributed by atoms with Crippen molar-refractivity contribution in [3.63, 3.8) is 0 Å². The van der Waals surface area contributed by atoms with Gasteiger partial charge in [-0.1, -0.05) is 0 Å². The number of aromatic nitrogens is 2. The molecule has 1 fully saturated rings. The second kappa shape index (κ2) is 6.82. The summed E-state index contributed by atoms with van der Waals surface area (Å²) in [7, 11) is 1.68. The third-order valence-corrected chi connectivity index (χ3v) is 6.06. The zero-order chi connectivity index (χ0) is 12.1. The highest BCUT2D eigenvalue weighted by Crippen LogP contribution is 2.25. The van der Waals surface area contributed by atoms with Crippen molar-refractivity contribution in [2.24, 2.45) is 0 Å². The predicted molar refractivity (Wildman–Crippen MR) is 77.4 cm³/mol. The van der Waals surface area contributed by atoms with Gasteiger partial charge in [-0.3, -0.25) is 0 Å². The molecule has 96 valence electrons. The van der Waals surface area contributed by atoms with Crippen molar-refractivity contribution < 1.29 is 4.74 Å². The molecule has 17 heavy (non-hydrogen) atoms. The van der Waals surface area contributed by atoms with Gasteiger partial charge >= 0.3 is 0 Å². The maximum absolute atomic E-state index is 5.19. The number of nitrogens with one attached hydrogen (secondary N) is 1. The van der Waals surface area contributed by atoms with E-state index in [0.717, 1.165) is 17.5 Å². The van der Waals surface area contributed by atoms with Gasteiger partial charge in [0.2, 0.25) is 5.13 Å². The van der Waals surface area contributed by atoms with Crippen LogP contribution in [0.1, 0.15) is 18.9 Å². The molecule has 4 nitrogen and oxygen atoms in total. The van der Waals surface area contributed by atoms with E-state index in [0.29, 0.717) is 5.25 Å². The Morgan fingerprint density at radius 3 is 3.12 bits per heavy atom. The lowest BCUT2D eigenvalue weighted by molar-refractivity contribution is 0.113. The molecule has 0 spiro atoms. The van der Waals surface area contributed by atoms with Crippen LogP contribution in [0.4, 0.5) is 5.13 Å². The Morgan fingerprint density at radius 2 is 2.41 bits per heavy atom. The van der Waals surface area contributed by atoms with Gasteiger partial charge < -0.3 is 10.1 Å². The van der Waals surface area contributed by atoms with Crippen molar-refractivity contribution in [1.29, 1.82) is 0 Å². The average Bonchev–Trinajstić information content (AvgIpc) is 2.85. The van der Waals surface area contributed by atoms with Crippen molar-refractivity contribution in [1.82, 2.24) is 9.36 Å². The summed E-state index contributed by atoms with van der Waals surface area (Å²) in [6, 6.07) is 0. The van der Waals surface area contributed by atoms with E-state index >= 15 is 0 Å². The second-order valence-electron chi connectivity index (χ2n) is 3.78. The molecule has 1 aromatic rings. The molecule has 1 aliphatic heterocycles. The lowest BCUT2D eigenvalue weighted by Crippen LogP contribution is -2.23. The van der Waals surface area contributed by atoms with Crippen LogP contribution in [0, 0.1) is 0 Å². The lowest BCUT2D eigenvalue weighted by Gasteiger charge is -2.20. The maximum atomic E-state index is 5.19. The minimum atomic E-state index is -0.0265. The molecular formula is C10H17N3OS3. The highest BCUT2D eigenvalue weighted by Gasteiger charge is 2.15. The smallest absolute Gasteiger partial charge is 0.202 e. The maximum Gasteiger partial charge on any atom is 0.202 e. The van der Waals surface area contributed by atoms with Crippen LogP contribution in [0.15, 0.2) is 0 Å². The molecule has 2 heterocycles. The summed E-state index contributed by atoms with van der Waals surface area (Å²) < 4.78 is 9.47. The molecule has 1 aromatic heterocycles. The molecule has 0 bridgehead atoms. The van der Waals surface area contributed by atoms with Gasteiger partial charge in [0.15, 0.2) is 5.82 Å². The van der Waals surface area contributed by atoms with E-state index in [2.05, 4.69) is 14.7 Å². The summed E-state index contributed by atoms with van der Waals surface area (Å²) in [5, 5.41) is 4.97. The quantitative estimate of drug-likeness (QED) is 0.899. The van der Waals surface area contributed by atoms with Gasteiger partial charge in [-0.05, 0) is 6.92 Å². The van der Waals surface area contributed by atoms with E-state index in [1.807, 2.05) is 30.4 Å². The number of nitrogens with zero attached hydrogens (tertiary/aromatic N) is 2. The van der Waals surface area contributed by atoms with E-state index in [9.17, 15) is 0 Å². The van der Waals surface area contributed by atoms with Crippen molar-refractivity contribution in [2.45, 2.75) is 18.3 Å². The zero-order valence-electron chi connectivity index (χ0n) is 10.0. The van der Waals surface area contributed by atoms with Crippen LogP contribution in [0.3, 0.4) is 0 Å². The van der Waals surface area contributed by atoms with Crippen molar-refractivity contribution in [3.8, 4) is 0 Å². The summed E-state index contributed by atoms with van der Waals surface area (Å²) in [6.07, 6.45) is -0.0265. The molecule has 2 unspecified atom stereocenters. The first-order chi connectivity index (χ1) is 8.29. The first kappa shape index (κ1) is 13.5. The molecule has 7 heteroatoms. The van der Waals surface area contributed by atoms with Gasteiger partial charge in [0.05, 0.1) is 0 Å². The number of hydrogen-bond acceptors (Lipinski definition) is 7. The first-order valence-corrected chi connectivity index (χ1v) is 8.57. The molecule has 1 aliphatic rings. The molecule has 0 saturated carbocycles. The molecule has 2 rings (SSSR count). The average molecular weight is 291 g/mol. The van der Waals surface area contributed by atoms with Crippen LogP contribution in [0.5, 0.6) is 0 Å². The van der Waals surface area contributed by atoms with Gasteiger partial charge in [0, 0.05) is 47.7 Å². The Bertz CT molecular complexity index is 341. The summed E-state index contributed by atoms with van der Waals surface area (Å²) in [4.78, 5) is 4.42. The fourth-order valence-corrected chi connectivity index (χ4v) is 4.70. The topological polar surface area (TPSA) is 47.0 Å². The Balaban J connectivity index is 1.80. The minimum Gasteiger partial charge on any atom is -0.374 e. The van der Waals surface area contributed by atoms with Crippen LogP contribution in [-0.2, 0) is 4.74 Å². The number of hydrogen-bond donors (Lipinski definition) is 1. The lowest BCUT2D eigenvalue weighted by atomic mass is 10.4. The Kier molecular flexibility index (Phi) is 5.40. The van der Waals surface area contributed by atoms with Crippen molar-refractivity contribution >= 4 is 40.2 Å². The summed E-state index contributed by atoms with van der Waals surface area (Å²) in [5.74, 6) is 4.55. The van der Waals surface area contributed by atoms with E-state index in [1.54, 1.807) is 7.11 Å². The molecule has 0 amide bonds. The predicted octanol–water partition coefficient (Wildman–Crippen LogP) is 2.51. The van der Waals surface area contributed by atoms with Gasteiger partial charge in [-0.15, -0.1) is 0 Å². The molecular weight excluding hydrogens is 274 g/mol. The Morgan fingerprint density at radius 1 is 1.53 bits per heavy atom. The fourth-order valence-electron chi connectivity index (χ4n) is 1.43. The van der Waals surface area contributed by atoms with Gasteiger partial charge in [-0.25, -0.2) is 4.98 Å². The molecule has 1 N–H and O–H groups in total. The van der Waals surface area contributed by atoms with E-state index in [-0.39, 0.29) is 6.10 Å². The first-order valence-electron chi connectivity index (χ1n) is 5.59. The van der Waals surface area contributed by atoms with Crippen LogP contribution in [-0.4, -0.2) is 45.5 Å². The molecule has 0 aliphatic carbocycles. The normalized spacial score (nSPS) is 22.4. The van der Waals surface area contributed by atoms with Crippen LogP contribution < -0.4 is 5.32 Å². The number of methoxy groups -OCH3 is 1. The van der Waals surface area contributed by atoms with Crippen LogP contribution >= 0.6 is 35.1 Å². The minimum absolute atomic E-state index is 0.0265. The number of anilines is 1. The Hall–Kier alpha value is 0.0200. The summed E-state index contributed by atoms with van der Waals surface area (Å²) in [6.45, 7) is 2.94. The van der Waals surface area contributed by atoms with Crippen LogP contribution in [0.25, 0.3) is 0 Å². The highest BCUT2D eigenvalue weighted by atomic mass is 32.2. The highest BCUT2D eigenvalue weighted by molar-refractivity contribution is 8.06. The second-order valence-corrected chi connectivity index (χ2v) is 7.09. The van der Waals surface area contributed by atoms with Crippen molar-refractivity contribution in [2.75, 3.05) is 36.2 Å². The van der Waals surface area contributed by atoms with Crippen molar-refractivity contribution in [3.05, 3.63) is 5.82 Å². The zero-order valence-corrected chi connectivity index (χ0v) is 12.5. The van der Waals surface area contributed by atoms with E-state index < -0.39 is 0 Å². The van der Waals surface area contributed by atoms with E-state index in [4.69, 9.17) is 4.74 Å². The molecule has 1 saturated heterocycles.